The third-order valence-corrected chi connectivity index (χ3v) is 4.45. The predicted octanol–water partition coefficient (Wildman–Crippen LogP) is 3.82. The summed E-state index contributed by atoms with van der Waals surface area (Å²) < 4.78 is 0. The van der Waals surface area contributed by atoms with Crippen molar-refractivity contribution in [1.29, 1.82) is 0 Å². The summed E-state index contributed by atoms with van der Waals surface area (Å²) >= 11 is 11.9. The number of nitrogens with one attached hydrogen (secondary N) is 1. The van der Waals surface area contributed by atoms with Gasteiger partial charge in [0.25, 0.3) is 0 Å². The Bertz CT molecular complexity index is 533. The number of carboxylic acid groups (broad SMARTS) is 1. The van der Waals surface area contributed by atoms with Gasteiger partial charge in [-0.1, -0.05) is 42.1 Å². The molecule has 1 aliphatic rings. The van der Waals surface area contributed by atoms with E-state index < -0.39 is 17.8 Å². The minimum atomic E-state index is -0.915. The molecule has 0 unspecified atom stereocenters. The van der Waals surface area contributed by atoms with Crippen molar-refractivity contribution in [2.24, 2.45) is 11.8 Å². The van der Waals surface area contributed by atoms with Crippen molar-refractivity contribution in [3.8, 4) is 0 Å². The van der Waals surface area contributed by atoms with Crippen molar-refractivity contribution in [2.75, 3.05) is 5.32 Å². The molecule has 20 heavy (non-hydrogen) atoms. The molecule has 2 atom stereocenters. The highest BCUT2D eigenvalue weighted by Crippen LogP contribution is 2.33. The minimum Gasteiger partial charge on any atom is -0.481 e. The van der Waals surface area contributed by atoms with Gasteiger partial charge in [0, 0.05) is 0 Å². The van der Waals surface area contributed by atoms with Crippen LogP contribution in [0.25, 0.3) is 0 Å². The van der Waals surface area contributed by atoms with Crippen LogP contribution in [0.1, 0.15) is 25.7 Å². The van der Waals surface area contributed by atoms with Crippen LogP contribution in [0.15, 0.2) is 18.2 Å². The monoisotopic (exact) mass is 315 g/mol. The van der Waals surface area contributed by atoms with Gasteiger partial charge in [-0.25, -0.2) is 0 Å². The molecule has 0 bridgehead atoms. The topological polar surface area (TPSA) is 66.4 Å². The van der Waals surface area contributed by atoms with Crippen molar-refractivity contribution in [3.05, 3.63) is 28.2 Å². The molecule has 2 rings (SSSR count). The molecule has 0 heterocycles. The number of aliphatic carboxylic acids is 1. The van der Waals surface area contributed by atoms with E-state index in [2.05, 4.69) is 5.32 Å². The van der Waals surface area contributed by atoms with Gasteiger partial charge >= 0.3 is 5.97 Å². The maximum Gasteiger partial charge on any atom is 0.307 e. The maximum absolute atomic E-state index is 12.3. The van der Waals surface area contributed by atoms with E-state index in [-0.39, 0.29) is 10.9 Å². The number of amides is 1. The fourth-order valence-corrected chi connectivity index (χ4v) is 2.91. The Morgan fingerprint density at radius 1 is 1.15 bits per heavy atom. The lowest BCUT2D eigenvalue weighted by molar-refractivity contribution is -0.147. The third kappa shape index (κ3) is 3.25. The molecule has 0 aliphatic heterocycles. The van der Waals surface area contributed by atoms with E-state index in [1.54, 1.807) is 18.2 Å². The summed E-state index contributed by atoms with van der Waals surface area (Å²) in [6.07, 6.45) is 2.83. The molecule has 4 nitrogen and oxygen atoms in total. The second kappa shape index (κ2) is 6.46. The predicted molar refractivity (Wildman–Crippen MR) is 78.2 cm³/mol. The molecule has 0 aromatic heterocycles. The van der Waals surface area contributed by atoms with E-state index in [0.717, 1.165) is 12.8 Å². The van der Waals surface area contributed by atoms with Crippen molar-refractivity contribution < 1.29 is 14.7 Å². The summed E-state index contributed by atoms with van der Waals surface area (Å²) in [6.45, 7) is 0. The van der Waals surface area contributed by atoms with Crippen molar-refractivity contribution >= 4 is 40.8 Å². The zero-order valence-electron chi connectivity index (χ0n) is 10.7. The Balaban J connectivity index is 2.14. The lowest BCUT2D eigenvalue weighted by Crippen LogP contribution is -2.36. The van der Waals surface area contributed by atoms with Gasteiger partial charge in [-0.2, -0.15) is 0 Å². The number of carbonyl (C=O) groups is 2. The summed E-state index contributed by atoms with van der Waals surface area (Å²) in [5.41, 5.74) is 0.416. The van der Waals surface area contributed by atoms with Gasteiger partial charge in [0.1, 0.15) is 0 Å². The standard InChI is InChI=1S/C14H15Cl2NO3/c15-10-6-3-7-11(12(10)16)17-13(18)8-4-1-2-5-9(8)14(19)20/h3,6-9H,1-2,4-5H2,(H,17,18)(H,19,20)/t8-,9-/m1/s1. The van der Waals surface area contributed by atoms with E-state index in [0.29, 0.717) is 23.6 Å². The van der Waals surface area contributed by atoms with Crippen LogP contribution in [0.5, 0.6) is 0 Å². The van der Waals surface area contributed by atoms with Gasteiger partial charge in [-0.15, -0.1) is 0 Å². The van der Waals surface area contributed by atoms with Crippen LogP contribution < -0.4 is 5.32 Å². The molecule has 0 radical (unpaired) electrons. The number of carboxylic acids is 1. The van der Waals surface area contributed by atoms with Gasteiger partial charge < -0.3 is 10.4 Å². The number of carbonyl (C=O) groups excluding carboxylic acids is 1. The van der Waals surface area contributed by atoms with E-state index in [1.807, 2.05) is 0 Å². The summed E-state index contributed by atoms with van der Waals surface area (Å²) in [6, 6.07) is 4.95. The maximum atomic E-state index is 12.3. The molecule has 1 fully saturated rings. The summed E-state index contributed by atoms with van der Waals surface area (Å²) in [5.74, 6) is -2.36. The van der Waals surface area contributed by atoms with Crippen molar-refractivity contribution in [1.82, 2.24) is 0 Å². The van der Waals surface area contributed by atoms with Crippen molar-refractivity contribution in [2.45, 2.75) is 25.7 Å². The van der Waals surface area contributed by atoms with Gasteiger partial charge in [-0.3, -0.25) is 9.59 Å². The van der Waals surface area contributed by atoms with Crippen LogP contribution in [0.2, 0.25) is 10.0 Å². The fraction of sp³-hybridized carbons (Fsp3) is 0.429. The quantitative estimate of drug-likeness (QED) is 0.891. The first kappa shape index (κ1) is 15.1. The third-order valence-electron chi connectivity index (χ3n) is 3.63. The molecule has 1 saturated carbocycles. The molecule has 1 amide bonds. The molecule has 1 aromatic carbocycles. The SMILES string of the molecule is O=C(O)[C@@H]1CCCC[C@H]1C(=O)Nc1cccc(Cl)c1Cl. The van der Waals surface area contributed by atoms with Gasteiger partial charge in [0.05, 0.1) is 27.6 Å². The lowest BCUT2D eigenvalue weighted by atomic mass is 9.78. The van der Waals surface area contributed by atoms with E-state index in [1.165, 1.54) is 0 Å². The first-order valence-electron chi connectivity index (χ1n) is 6.48. The number of hydrogen-bond acceptors (Lipinski definition) is 2. The normalized spacial score (nSPS) is 22.3. The number of hydrogen-bond donors (Lipinski definition) is 2. The average Bonchev–Trinajstić information content (AvgIpc) is 2.43. The zero-order valence-corrected chi connectivity index (χ0v) is 12.2. The molecule has 0 spiro atoms. The molecule has 0 saturated heterocycles. The first-order chi connectivity index (χ1) is 9.50. The molecular weight excluding hydrogens is 301 g/mol. The Morgan fingerprint density at radius 3 is 2.45 bits per heavy atom. The summed E-state index contributed by atoms with van der Waals surface area (Å²) in [5, 5.41) is 12.5. The lowest BCUT2D eigenvalue weighted by Gasteiger charge is -2.27. The Labute approximate surface area is 127 Å². The highest BCUT2D eigenvalue weighted by molar-refractivity contribution is 6.44. The second-order valence-electron chi connectivity index (χ2n) is 4.93. The number of rotatable bonds is 3. The van der Waals surface area contributed by atoms with Gasteiger partial charge in [0.15, 0.2) is 0 Å². The van der Waals surface area contributed by atoms with Gasteiger partial charge in [0.2, 0.25) is 5.91 Å². The highest BCUT2D eigenvalue weighted by Gasteiger charge is 2.35. The smallest absolute Gasteiger partial charge is 0.307 e. The minimum absolute atomic E-state index is 0.269. The highest BCUT2D eigenvalue weighted by atomic mass is 35.5. The Kier molecular flexibility index (Phi) is 4.89. The number of benzene rings is 1. The molecule has 6 heteroatoms. The molecule has 108 valence electrons. The zero-order chi connectivity index (χ0) is 14.7. The van der Waals surface area contributed by atoms with Crippen LogP contribution in [-0.2, 0) is 9.59 Å². The average molecular weight is 316 g/mol. The molecular formula is C14H15Cl2NO3. The Morgan fingerprint density at radius 2 is 1.80 bits per heavy atom. The largest absolute Gasteiger partial charge is 0.481 e. The van der Waals surface area contributed by atoms with Crippen LogP contribution in [-0.4, -0.2) is 17.0 Å². The Hall–Kier alpha value is -1.26. The summed E-state index contributed by atoms with van der Waals surface area (Å²) in [4.78, 5) is 23.5. The van der Waals surface area contributed by atoms with E-state index in [4.69, 9.17) is 23.2 Å². The van der Waals surface area contributed by atoms with Crippen molar-refractivity contribution in [3.63, 3.8) is 0 Å². The van der Waals surface area contributed by atoms with E-state index >= 15 is 0 Å². The summed E-state index contributed by atoms with van der Waals surface area (Å²) in [7, 11) is 0. The van der Waals surface area contributed by atoms with Crippen LogP contribution in [0.3, 0.4) is 0 Å². The molecule has 2 N–H and O–H groups in total. The van der Waals surface area contributed by atoms with Crippen LogP contribution in [0, 0.1) is 11.8 Å². The van der Waals surface area contributed by atoms with E-state index in [9.17, 15) is 14.7 Å². The first-order valence-corrected chi connectivity index (χ1v) is 7.24. The molecule has 1 aromatic rings. The van der Waals surface area contributed by atoms with Gasteiger partial charge in [-0.05, 0) is 25.0 Å². The fourth-order valence-electron chi connectivity index (χ4n) is 2.57. The van der Waals surface area contributed by atoms with Crippen LogP contribution >= 0.6 is 23.2 Å². The molecule has 1 aliphatic carbocycles. The number of halogens is 2. The second-order valence-corrected chi connectivity index (χ2v) is 5.71. The van der Waals surface area contributed by atoms with Crippen LogP contribution in [0.4, 0.5) is 5.69 Å². The number of anilines is 1.